The number of nitrogens with zero attached hydrogens (tertiary/aromatic N) is 2. The molecule has 0 unspecified atom stereocenters. The number of rotatable bonds is 9. The zero-order valence-electron chi connectivity index (χ0n) is 12.1. The summed E-state index contributed by atoms with van der Waals surface area (Å²) in [5.41, 5.74) is 1.21. The minimum atomic E-state index is 0.654. The predicted molar refractivity (Wildman–Crippen MR) is 75.7 cm³/mol. The summed E-state index contributed by atoms with van der Waals surface area (Å²) >= 11 is 0. The van der Waals surface area contributed by atoms with Gasteiger partial charge in [0.2, 0.25) is 0 Å². The Morgan fingerprint density at radius 2 is 1.72 bits per heavy atom. The second-order valence-corrected chi connectivity index (χ2v) is 4.92. The highest BCUT2D eigenvalue weighted by Crippen LogP contribution is 2.06. The summed E-state index contributed by atoms with van der Waals surface area (Å²) in [5.74, 6) is 0. The second kappa shape index (κ2) is 8.92. The van der Waals surface area contributed by atoms with E-state index in [4.69, 9.17) is 4.74 Å². The summed E-state index contributed by atoms with van der Waals surface area (Å²) in [6.07, 6.45) is 10.6. The van der Waals surface area contributed by atoms with Crippen molar-refractivity contribution in [3.63, 3.8) is 0 Å². The summed E-state index contributed by atoms with van der Waals surface area (Å²) in [4.78, 5) is 2.10. The summed E-state index contributed by atoms with van der Waals surface area (Å²) in [5, 5.41) is 0. The SMILES string of the molecule is CCCCCCCOC[n+]1ccc(N(C)C)cc1. The summed E-state index contributed by atoms with van der Waals surface area (Å²) in [6.45, 7) is 3.76. The van der Waals surface area contributed by atoms with Crippen LogP contribution in [0.25, 0.3) is 0 Å². The number of hydrogen-bond donors (Lipinski definition) is 0. The van der Waals surface area contributed by atoms with E-state index in [0.29, 0.717) is 6.73 Å². The van der Waals surface area contributed by atoms with Gasteiger partial charge in [0.25, 0.3) is 6.73 Å². The molecule has 0 N–H and O–H groups in total. The van der Waals surface area contributed by atoms with E-state index in [1.165, 1.54) is 37.8 Å². The first-order chi connectivity index (χ1) is 8.74. The Hall–Kier alpha value is -1.09. The standard InChI is InChI=1S/C15H27N2O/c1-4-5-6-7-8-13-18-14-17-11-9-15(10-12-17)16(2)3/h9-12H,4-8,13-14H2,1-3H3/q+1. The molecule has 0 aliphatic carbocycles. The summed E-state index contributed by atoms with van der Waals surface area (Å²) in [6, 6.07) is 4.20. The minimum absolute atomic E-state index is 0.654. The van der Waals surface area contributed by atoms with Gasteiger partial charge < -0.3 is 9.64 Å². The monoisotopic (exact) mass is 251 g/mol. The summed E-state index contributed by atoms with van der Waals surface area (Å²) in [7, 11) is 4.10. The number of ether oxygens (including phenoxy) is 1. The normalized spacial score (nSPS) is 10.6. The van der Waals surface area contributed by atoms with E-state index in [2.05, 4.69) is 40.9 Å². The van der Waals surface area contributed by atoms with Gasteiger partial charge in [0.1, 0.15) is 0 Å². The van der Waals surface area contributed by atoms with Gasteiger partial charge in [-0.05, 0) is 6.42 Å². The quantitative estimate of drug-likeness (QED) is 0.495. The molecule has 18 heavy (non-hydrogen) atoms. The van der Waals surface area contributed by atoms with Crippen LogP contribution in [0.1, 0.15) is 39.0 Å². The molecular weight excluding hydrogens is 224 g/mol. The molecule has 0 amide bonds. The first-order valence-electron chi connectivity index (χ1n) is 6.98. The largest absolute Gasteiger partial charge is 0.377 e. The third-order valence-corrected chi connectivity index (χ3v) is 3.02. The van der Waals surface area contributed by atoms with Gasteiger partial charge in [-0.3, -0.25) is 0 Å². The molecule has 1 aromatic rings. The zero-order chi connectivity index (χ0) is 13.2. The molecule has 3 nitrogen and oxygen atoms in total. The van der Waals surface area contributed by atoms with Crippen molar-refractivity contribution in [3.8, 4) is 0 Å². The molecule has 0 fully saturated rings. The molecule has 1 rings (SSSR count). The van der Waals surface area contributed by atoms with Crippen LogP contribution in [0.4, 0.5) is 5.69 Å². The maximum absolute atomic E-state index is 5.65. The summed E-state index contributed by atoms with van der Waals surface area (Å²) < 4.78 is 7.72. The fourth-order valence-corrected chi connectivity index (χ4v) is 1.81. The first-order valence-corrected chi connectivity index (χ1v) is 6.98. The topological polar surface area (TPSA) is 16.4 Å². The van der Waals surface area contributed by atoms with Crippen LogP contribution >= 0.6 is 0 Å². The highest BCUT2D eigenvalue weighted by atomic mass is 16.5. The van der Waals surface area contributed by atoms with E-state index in [-0.39, 0.29) is 0 Å². The van der Waals surface area contributed by atoms with E-state index in [0.717, 1.165) is 6.61 Å². The van der Waals surface area contributed by atoms with Crippen LogP contribution in [0.5, 0.6) is 0 Å². The van der Waals surface area contributed by atoms with Crippen LogP contribution in [-0.2, 0) is 11.5 Å². The number of aromatic nitrogens is 1. The number of pyridine rings is 1. The Bertz CT molecular complexity index is 309. The Morgan fingerprint density at radius 3 is 2.33 bits per heavy atom. The molecule has 1 aromatic heterocycles. The molecule has 102 valence electrons. The van der Waals surface area contributed by atoms with Crippen LogP contribution < -0.4 is 9.47 Å². The van der Waals surface area contributed by atoms with Crippen molar-refractivity contribution in [1.82, 2.24) is 0 Å². The molecule has 0 aliphatic rings. The van der Waals surface area contributed by atoms with E-state index >= 15 is 0 Å². The highest BCUT2D eigenvalue weighted by Gasteiger charge is 2.01. The van der Waals surface area contributed by atoms with Gasteiger partial charge in [-0.1, -0.05) is 32.6 Å². The van der Waals surface area contributed by atoms with Crippen LogP contribution in [0.2, 0.25) is 0 Å². The Labute approximate surface area is 111 Å². The van der Waals surface area contributed by atoms with Gasteiger partial charge in [0.05, 0.1) is 6.61 Å². The van der Waals surface area contributed by atoms with Gasteiger partial charge in [0, 0.05) is 31.9 Å². The van der Waals surface area contributed by atoms with E-state index in [1.807, 2.05) is 14.1 Å². The molecule has 0 atom stereocenters. The van der Waals surface area contributed by atoms with Crippen molar-refractivity contribution in [1.29, 1.82) is 0 Å². The third kappa shape index (κ3) is 6.01. The fraction of sp³-hybridized carbons (Fsp3) is 0.667. The molecular formula is C15H27N2O+. The van der Waals surface area contributed by atoms with Crippen molar-refractivity contribution < 1.29 is 9.30 Å². The van der Waals surface area contributed by atoms with Gasteiger partial charge in [0.15, 0.2) is 12.4 Å². The third-order valence-electron chi connectivity index (χ3n) is 3.02. The lowest BCUT2D eigenvalue weighted by atomic mass is 10.2. The highest BCUT2D eigenvalue weighted by molar-refractivity contribution is 5.41. The molecule has 1 heterocycles. The van der Waals surface area contributed by atoms with E-state index in [1.54, 1.807) is 0 Å². The molecule has 0 saturated heterocycles. The van der Waals surface area contributed by atoms with Crippen molar-refractivity contribution >= 4 is 5.69 Å². The van der Waals surface area contributed by atoms with Crippen molar-refractivity contribution in [2.45, 2.75) is 45.8 Å². The number of hydrogen-bond acceptors (Lipinski definition) is 2. The predicted octanol–water partition coefficient (Wildman–Crippen LogP) is 2.98. The van der Waals surface area contributed by atoms with Crippen LogP contribution in [0, 0.1) is 0 Å². The lowest BCUT2D eigenvalue weighted by Crippen LogP contribution is -2.34. The molecule has 0 saturated carbocycles. The van der Waals surface area contributed by atoms with Crippen LogP contribution in [-0.4, -0.2) is 20.7 Å². The fourth-order valence-electron chi connectivity index (χ4n) is 1.81. The minimum Gasteiger partial charge on any atom is -0.377 e. The Morgan fingerprint density at radius 1 is 1.06 bits per heavy atom. The lowest BCUT2D eigenvalue weighted by Gasteiger charge is -2.10. The number of unbranched alkanes of at least 4 members (excludes halogenated alkanes) is 4. The Kier molecular flexibility index (Phi) is 7.42. The van der Waals surface area contributed by atoms with E-state index in [9.17, 15) is 0 Å². The van der Waals surface area contributed by atoms with Crippen molar-refractivity contribution in [3.05, 3.63) is 24.5 Å². The smallest absolute Gasteiger partial charge is 0.252 e. The van der Waals surface area contributed by atoms with Crippen molar-refractivity contribution in [2.75, 3.05) is 25.6 Å². The molecule has 0 aliphatic heterocycles. The average Bonchev–Trinajstić information content (AvgIpc) is 2.38. The Balaban J connectivity index is 2.12. The first kappa shape index (κ1) is 15.0. The van der Waals surface area contributed by atoms with Gasteiger partial charge in [-0.2, -0.15) is 4.57 Å². The number of anilines is 1. The van der Waals surface area contributed by atoms with Gasteiger partial charge in [-0.25, -0.2) is 0 Å². The lowest BCUT2D eigenvalue weighted by molar-refractivity contribution is -0.732. The zero-order valence-corrected chi connectivity index (χ0v) is 12.1. The second-order valence-electron chi connectivity index (χ2n) is 4.92. The van der Waals surface area contributed by atoms with Crippen LogP contribution in [0.3, 0.4) is 0 Å². The van der Waals surface area contributed by atoms with Gasteiger partial charge in [-0.15, -0.1) is 0 Å². The van der Waals surface area contributed by atoms with Crippen molar-refractivity contribution in [2.24, 2.45) is 0 Å². The maximum atomic E-state index is 5.65. The molecule has 0 radical (unpaired) electrons. The molecule has 0 aromatic carbocycles. The maximum Gasteiger partial charge on any atom is 0.252 e. The van der Waals surface area contributed by atoms with Gasteiger partial charge >= 0.3 is 0 Å². The average molecular weight is 251 g/mol. The van der Waals surface area contributed by atoms with Crippen LogP contribution in [0.15, 0.2) is 24.5 Å². The molecule has 0 spiro atoms. The molecule has 3 heteroatoms. The molecule has 0 bridgehead atoms. The van der Waals surface area contributed by atoms with E-state index < -0.39 is 0 Å².